The molecular formula is C11H16O4. The summed E-state index contributed by atoms with van der Waals surface area (Å²) >= 11 is 0. The molecule has 1 N–H and O–H groups in total. The zero-order valence-electron chi connectivity index (χ0n) is 9.40. The number of aliphatic carboxylic acids is 1. The highest BCUT2D eigenvalue weighted by Gasteiger charge is 2.11. The Morgan fingerprint density at radius 2 is 1.73 bits per heavy atom. The number of carboxylic acid groups (broad SMARTS) is 1. The van der Waals surface area contributed by atoms with Gasteiger partial charge in [-0.15, -0.1) is 0 Å². The number of esters is 1. The van der Waals surface area contributed by atoms with Crippen molar-refractivity contribution in [2.24, 2.45) is 0 Å². The van der Waals surface area contributed by atoms with E-state index in [4.69, 9.17) is 9.84 Å². The average Bonchev–Trinajstić information content (AvgIpc) is 1.99. The van der Waals surface area contributed by atoms with Crippen LogP contribution in [0.5, 0.6) is 0 Å². The molecule has 0 aliphatic heterocycles. The second-order valence-corrected chi connectivity index (χ2v) is 3.61. The number of carboxylic acids is 1. The Bertz CT molecular complexity index is 307. The van der Waals surface area contributed by atoms with Crippen LogP contribution in [0.15, 0.2) is 23.3 Å². The second kappa shape index (κ2) is 6.01. The molecule has 15 heavy (non-hydrogen) atoms. The summed E-state index contributed by atoms with van der Waals surface area (Å²) in [6.45, 7) is 6.97. The predicted octanol–water partition coefficient (Wildman–Crippen LogP) is 1.92. The molecule has 0 unspecified atom stereocenters. The fourth-order valence-corrected chi connectivity index (χ4v) is 0.886. The van der Waals surface area contributed by atoms with Crippen LogP contribution in [0.2, 0.25) is 0 Å². The summed E-state index contributed by atoms with van der Waals surface area (Å²) in [5.74, 6) is -1.78. The van der Waals surface area contributed by atoms with Gasteiger partial charge in [-0.25, -0.2) is 9.59 Å². The normalized spacial score (nSPS) is 11.1. The summed E-state index contributed by atoms with van der Waals surface area (Å²) in [6.07, 6.45) is 2.07. The molecule has 4 nitrogen and oxygen atoms in total. The Morgan fingerprint density at radius 3 is 2.07 bits per heavy atom. The van der Waals surface area contributed by atoms with E-state index in [0.717, 1.165) is 11.6 Å². The third kappa shape index (κ3) is 6.49. The fraction of sp³-hybridized carbons (Fsp3) is 0.455. The zero-order valence-corrected chi connectivity index (χ0v) is 9.40. The molecule has 0 rings (SSSR count). The van der Waals surface area contributed by atoms with E-state index in [0.29, 0.717) is 0 Å². The number of carbonyl (C=O) groups excluding carboxylic acids is 1. The first-order valence-electron chi connectivity index (χ1n) is 4.63. The molecule has 0 radical (unpaired) electrons. The Labute approximate surface area is 89.2 Å². The Kier molecular flexibility index (Phi) is 5.37. The fourth-order valence-electron chi connectivity index (χ4n) is 0.886. The van der Waals surface area contributed by atoms with Gasteiger partial charge in [-0.05, 0) is 33.8 Å². The van der Waals surface area contributed by atoms with E-state index in [1.807, 2.05) is 0 Å². The largest absolute Gasteiger partial charge is 0.478 e. The van der Waals surface area contributed by atoms with E-state index in [2.05, 4.69) is 0 Å². The summed E-state index contributed by atoms with van der Waals surface area (Å²) in [6, 6.07) is 0. The standard InChI is InChI=1S/C11H16O4/c1-7(2)5-9(6-10(12)13)11(14)15-8(3)4/h5-6,8H,1-4H3,(H,12,13)/b9-6-. The van der Waals surface area contributed by atoms with E-state index < -0.39 is 11.9 Å². The van der Waals surface area contributed by atoms with E-state index in [1.165, 1.54) is 6.08 Å². The van der Waals surface area contributed by atoms with Gasteiger partial charge in [-0.2, -0.15) is 0 Å². The maximum atomic E-state index is 11.4. The van der Waals surface area contributed by atoms with Crippen LogP contribution in [0, 0.1) is 0 Å². The van der Waals surface area contributed by atoms with Crippen molar-refractivity contribution in [3.05, 3.63) is 23.3 Å². The van der Waals surface area contributed by atoms with Gasteiger partial charge in [0.05, 0.1) is 11.7 Å². The van der Waals surface area contributed by atoms with Crippen molar-refractivity contribution in [2.45, 2.75) is 33.8 Å². The maximum absolute atomic E-state index is 11.4. The molecule has 0 atom stereocenters. The van der Waals surface area contributed by atoms with Crippen LogP contribution < -0.4 is 0 Å². The van der Waals surface area contributed by atoms with Crippen LogP contribution in [0.1, 0.15) is 27.7 Å². The number of rotatable bonds is 4. The number of carbonyl (C=O) groups is 2. The van der Waals surface area contributed by atoms with Crippen LogP contribution >= 0.6 is 0 Å². The van der Waals surface area contributed by atoms with Gasteiger partial charge in [0, 0.05) is 6.08 Å². The molecule has 0 bridgehead atoms. The third-order valence-electron chi connectivity index (χ3n) is 1.30. The number of ether oxygens (including phenoxy) is 1. The van der Waals surface area contributed by atoms with Gasteiger partial charge in [0.15, 0.2) is 0 Å². The molecular weight excluding hydrogens is 196 g/mol. The first-order valence-corrected chi connectivity index (χ1v) is 4.63. The highest BCUT2D eigenvalue weighted by molar-refractivity contribution is 5.98. The minimum Gasteiger partial charge on any atom is -0.478 e. The smallest absolute Gasteiger partial charge is 0.338 e. The first-order chi connectivity index (χ1) is 6.82. The first kappa shape index (κ1) is 13.4. The van der Waals surface area contributed by atoms with Crippen LogP contribution in [0.25, 0.3) is 0 Å². The van der Waals surface area contributed by atoms with E-state index in [1.54, 1.807) is 27.7 Å². The minimum atomic E-state index is -1.16. The lowest BCUT2D eigenvalue weighted by Crippen LogP contribution is -2.13. The summed E-state index contributed by atoms with van der Waals surface area (Å²) < 4.78 is 4.90. The summed E-state index contributed by atoms with van der Waals surface area (Å²) in [5, 5.41) is 8.57. The molecule has 0 saturated carbocycles. The minimum absolute atomic E-state index is 0.0520. The quantitative estimate of drug-likeness (QED) is 0.439. The van der Waals surface area contributed by atoms with Crippen molar-refractivity contribution in [1.82, 2.24) is 0 Å². The molecule has 0 heterocycles. The summed E-state index contributed by atoms with van der Waals surface area (Å²) in [7, 11) is 0. The van der Waals surface area contributed by atoms with E-state index in [9.17, 15) is 9.59 Å². The lowest BCUT2D eigenvalue weighted by Gasteiger charge is -2.08. The van der Waals surface area contributed by atoms with E-state index >= 15 is 0 Å². The molecule has 0 amide bonds. The Balaban J connectivity index is 4.88. The van der Waals surface area contributed by atoms with Crippen molar-refractivity contribution >= 4 is 11.9 Å². The van der Waals surface area contributed by atoms with Gasteiger partial charge in [0.1, 0.15) is 0 Å². The second-order valence-electron chi connectivity index (χ2n) is 3.61. The van der Waals surface area contributed by atoms with Crippen LogP contribution in [0.4, 0.5) is 0 Å². The highest BCUT2D eigenvalue weighted by atomic mass is 16.5. The van der Waals surface area contributed by atoms with Gasteiger partial charge in [0.2, 0.25) is 0 Å². The zero-order chi connectivity index (χ0) is 12.0. The summed E-state index contributed by atoms with van der Waals surface area (Å²) in [5.41, 5.74) is 0.888. The predicted molar refractivity (Wildman–Crippen MR) is 56.4 cm³/mol. The molecule has 84 valence electrons. The number of hydrogen-bond acceptors (Lipinski definition) is 3. The number of allylic oxidation sites excluding steroid dienone is 1. The Hall–Kier alpha value is -1.58. The van der Waals surface area contributed by atoms with Crippen molar-refractivity contribution in [3.8, 4) is 0 Å². The molecule has 0 saturated heterocycles. The van der Waals surface area contributed by atoms with Crippen molar-refractivity contribution in [1.29, 1.82) is 0 Å². The topological polar surface area (TPSA) is 63.6 Å². The Morgan fingerprint density at radius 1 is 1.20 bits per heavy atom. The van der Waals surface area contributed by atoms with Gasteiger partial charge in [-0.1, -0.05) is 5.57 Å². The van der Waals surface area contributed by atoms with Gasteiger partial charge < -0.3 is 9.84 Å². The number of hydrogen-bond donors (Lipinski definition) is 1. The van der Waals surface area contributed by atoms with Gasteiger partial charge in [-0.3, -0.25) is 0 Å². The lowest BCUT2D eigenvalue weighted by molar-refractivity contribution is -0.143. The van der Waals surface area contributed by atoms with E-state index in [-0.39, 0.29) is 11.7 Å². The summed E-state index contributed by atoms with van der Waals surface area (Å²) in [4.78, 5) is 21.9. The van der Waals surface area contributed by atoms with Crippen molar-refractivity contribution < 1.29 is 19.4 Å². The molecule has 0 aromatic heterocycles. The molecule has 0 aromatic carbocycles. The van der Waals surface area contributed by atoms with Gasteiger partial charge in [0.25, 0.3) is 0 Å². The van der Waals surface area contributed by atoms with Crippen LogP contribution in [-0.4, -0.2) is 23.1 Å². The molecule has 0 fully saturated rings. The third-order valence-corrected chi connectivity index (χ3v) is 1.30. The van der Waals surface area contributed by atoms with Gasteiger partial charge >= 0.3 is 11.9 Å². The molecule has 0 aliphatic carbocycles. The van der Waals surface area contributed by atoms with Crippen molar-refractivity contribution in [2.75, 3.05) is 0 Å². The molecule has 0 aromatic rings. The molecule has 0 spiro atoms. The van der Waals surface area contributed by atoms with Crippen LogP contribution in [0.3, 0.4) is 0 Å². The highest BCUT2D eigenvalue weighted by Crippen LogP contribution is 2.06. The molecule has 0 aliphatic rings. The SMILES string of the molecule is CC(C)=C/C(=C/C(=O)O)C(=O)OC(C)C. The van der Waals surface area contributed by atoms with Crippen LogP contribution in [-0.2, 0) is 14.3 Å². The monoisotopic (exact) mass is 212 g/mol. The van der Waals surface area contributed by atoms with Crippen molar-refractivity contribution in [3.63, 3.8) is 0 Å². The molecule has 4 heteroatoms. The maximum Gasteiger partial charge on any atom is 0.338 e. The lowest BCUT2D eigenvalue weighted by atomic mass is 10.2. The average molecular weight is 212 g/mol.